The van der Waals surface area contributed by atoms with Crippen molar-refractivity contribution in [2.24, 2.45) is 0 Å². The molecule has 4 rings (SSSR count). The average molecular weight is 417 g/mol. The Labute approximate surface area is 176 Å². The fraction of sp³-hybridized carbons (Fsp3) is 0.381. The van der Waals surface area contributed by atoms with E-state index in [1.165, 1.54) is 10.5 Å². The van der Waals surface area contributed by atoms with Crippen LogP contribution in [0.2, 0.25) is 0 Å². The lowest BCUT2D eigenvalue weighted by Crippen LogP contribution is -3.13. The van der Waals surface area contributed by atoms with Gasteiger partial charge in [-0.1, -0.05) is 0 Å². The van der Waals surface area contributed by atoms with Crippen molar-refractivity contribution in [1.82, 2.24) is 4.90 Å². The highest BCUT2D eigenvalue weighted by Crippen LogP contribution is 2.32. The van der Waals surface area contributed by atoms with Gasteiger partial charge in [-0.3, -0.25) is 0 Å². The van der Waals surface area contributed by atoms with Crippen LogP contribution in [0.3, 0.4) is 0 Å². The Morgan fingerprint density at radius 2 is 1.86 bits per heavy atom. The highest BCUT2D eigenvalue weighted by molar-refractivity contribution is 7.80. The molecule has 154 valence electrons. The number of anilines is 1. The first-order valence-electron chi connectivity index (χ1n) is 9.66. The molecule has 1 fully saturated rings. The Morgan fingerprint density at radius 1 is 1.07 bits per heavy atom. The van der Waals surface area contributed by atoms with Gasteiger partial charge in [-0.05, 0) is 42.5 Å². The van der Waals surface area contributed by atoms with Crippen LogP contribution in [-0.2, 0) is 6.54 Å². The van der Waals surface area contributed by atoms with Gasteiger partial charge in [0.25, 0.3) is 0 Å². The largest absolute Gasteiger partial charge is 0.497 e. The van der Waals surface area contributed by atoms with E-state index in [1.54, 1.807) is 14.2 Å². The van der Waals surface area contributed by atoms with Crippen LogP contribution >= 0.6 is 12.2 Å². The number of quaternary nitrogens is 1. The summed E-state index contributed by atoms with van der Waals surface area (Å²) in [5, 5.41) is 4.02. The average Bonchev–Trinajstić information content (AvgIpc) is 3.22. The molecular weight excluding hydrogens is 390 g/mol. The number of benzene rings is 2. The number of methoxy groups -OCH3 is 2. The summed E-state index contributed by atoms with van der Waals surface area (Å²) in [4.78, 5) is 3.74. The quantitative estimate of drug-likeness (QED) is 0.717. The molecule has 2 heterocycles. The zero-order chi connectivity index (χ0) is 20.2. The first kappa shape index (κ1) is 19.6. The number of ether oxygens (including phenoxy) is 4. The van der Waals surface area contributed by atoms with E-state index in [9.17, 15) is 0 Å². The summed E-state index contributed by atoms with van der Waals surface area (Å²) in [7, 11) is 3.29. The number of nitrogens with one attached hydrogen (secondary N) is 2. The number of piperazine rings is 1. The summed E-state index contributed by atoms with van der Waals surface area (Å²) in [6, 6.07) is 11.8. The van der Waals surface area contributed by atoms with Gasteiger partial charge in [0.1, 0.15) is 18.0 Å². The summed E-state index contributed by atoms with van der Waals surface area (Å²) in [6.07, 6.45) is 0. The molecule has 0 radical (unpaired) electrons. The van der Waals surface area contributed by atoms with Gasteiger partial charge in [0.05, 0.1) is 46.1 Å². The standard InChI is InChI=1S/C21H25N3O4S/c1-25-16-4-6-18(26-2)17(12-16)22-21(29)24-9-7-23(8-10-24)13-15-3-5-19-20(11-15)28-14-27-19/h3-6,11-12H,7-10,13-14H2,1-2H3,(H,22,29)/p+1. The maximum Gasteiger partial charge on any atom is 0.231 e. The van der Waals surface area contributed by atoms with Gasteiger partial charge in [0.2, 0.25) is 6.79 Å². The maximum absolute atomic E-state index is 5.64. The molecular formula is C21H26N3O4S+. The molecule has 0 atom stereocenters. The van der Waals surface area contributed by atoms with Crippen LogP contribution in [0, 0.1) is 0 Å². The molecule has 2 N–H and O–H groups in total. The van der Waals surface area contributed by atoms with Crippen molar-refractivity contribution in [2.75, 3.05) is 52.5 Å². The number of hydrogen-bond acceptors (Lipinski definition) is 5. The molecule has 0 amide bonds. The summed E-state index contributed by atoms with van der Waals surface area (Å²) >= 11 is 5.64. The number of hydrogen-bond donors (Lipinski definition) is 2. The number of fused-ring (bicyclic) bond motifs is 1. The number of nitrogens with zero attached hydrogens (tertiary/aromatic N) is 1. The topological polar surface area (TPSA) is 56.6 Å². The molecule has 29 heavy (non-hydrogen) atoms. The van der Waals surface area contributed by atoms with E-state index in [0.29, 0.717) is 11.9 Å². The van der Waals surface area contributed by atoms with E-state index in [4.69, 9.17) is 31.2 Å². The molecule has 0 spiro atoms. The number of thiocarbonyl (C=S) groups is 1. The summed E-state index contributed by atoms with van der Waals surface area (Å²) in [5.41, 5.74) is 2.08. The Balaban J connectivity index is 1.32. The summed E-state index contributed by atoms with van der Waals surface area (Å²) in [5.74, 6) is 3.17. The summed E-state index contributed by atoms with van der Waals surface area (Å²) in [6.45, 7) is 5.12. The van der Waals surface area contributed by atoms with Crippen LogP contribution in [0.15, 0.2) is 36.4 Å². The molecule has 2 aliphatic heterocycles. The molecule has 2 aliphatic rings. The van der Waals surface area contributed by atoms with Gasteiger partial charge in [0.15, 0.2) is 16.6 Å². The van der Waals surface area contributed by atoms with Gasteiger partial charge >= 0.3 is 0 Å². The smallest absolute Gasteiger partial charge is 0.231 e. The highest BCUT2D eigenvalue weighted by Gasteiger charge is 2.23. The van der Waals surface area contributed by atoms with E-state index in [-0.39, 0.29) is 0 Å². The van der Waals surface area contributed by atoms with Crippen LogP contribution in [0.4, 0.5) is 5.69 Å². The monoisotopic (exact) mass is 416 g/mol. The molecule has 1 saturated heterocycles. The van der Waals surface area contributed by atoms with Crippen LogP contribution in [0.5, 0.6) is 23.0 Å². The van der Waals surface area contributed by atoms with E-state index in [0.717, 1.165) is 61.4 Å². The zero-order valence-corrected chi connectivity index (χ0v) is 17.5. The molecule has 0 aromatic heterocycles. The second kappa shape index (κ2) is 8.75. The van der Waals surface area contributed by atoms with Crippen molar-refractivity contribution in [1.29, 1.82) is 0 Å². The summed E-state index contributed by atoms with van der Waals surface area (Å²) < 4.78 is 21.6. The Kier molecular flexibility index (Phi) is 5.92. The van der Waals surface area contributed by atoms with Crippen molar-refractivity contribution in [3.63, 3.8) is 0 Å². The van der Waals surface area contributed by atoms with E-state index in [1.807, 2.05) is 24.3 Å². The normalized spacial score (nSPS) is 15.9. The Morgan fingerprint density at radius 3 is 2.62 bits per heavy atom. The van der Waals surface area contributed by atoms with Gasteiger partial charge in [-0.15, -0.1) is 0 Å². The fourth-order valence-electron chi connectivity index (χ4n) is 3.65. The molecule has 0 saturated carbocycles. The van der Waals surface area contributed by atoms with Crippen molar-refractivity contribution < 1.29 is 23.8 Å². The third-order valence-corrected chi connectivity index (χ3v) is 5.66. The van der Waals surface area contributed by atoms with Crippen LogP contribution in [0.1, 0.15) is 5.56 Å². The molecule has 8 heteroatoms. The molecule has 0 aliphatic carbocycles. The third-order valence-electron chi connectivity index (χ3n) is 5.30. The Hall–Kier alpha value is -2.71. The van der Waals surface area contributed by atoms with Crippen molar-refractivity contribution >= 4 is 23.0 Å². The van der Waals surface area contributed by atoms with E-state index >= 15 is 0 Å². The molecule has 0 bridgehead atoms. The minimum Gasteiger partial charge on any atom is -0.497 e. The maximum atomic E-state index is 5.64. The SMILES string of the molecule is COc1ccc(OC)c(NC(=S)N2CC[NH+](Cc3ccc4c(c3)OCO4)CC2)c1. The zero-order valence-electron chi connectivity index (χ0n) is 16.7. The minimum atomic E-state index is 0.312. The molecule has 2 aromatic rings. The second-order valence-electron chi connectivity index (χ2n) is 7.10. The van der Waals surface area contributed by atoms with Gasteiger partial charge in [-0.2, -0.15) is 0 Å². The van der Waals surface area contributed by atoms with Crippen LogP contribution in [-0.4, -0.2) is 57.2 Å². The molecule has 2 aromatic carbocycles. The minimum absolute atomic E-state index is 0.312. The van der Waals surface area contributed by atoms with E-state index < -0.39 is 0 Å². The fourth-order valence-corrected chi connectivity index (χ4v) is 3.94. The van der Waals surface area contributed by atoms with Crippen LogP contribution < -0.4 is 29.2 Å². The van der Waals surface area contributed by atoms with Crippen molar-refractivity contribution in [3.8, 4) is 23.0 Å². The first-order valence-corrected chi connectivity index (χ1v) is 10.1. The Bertz CT molecular complexity index is 884. The lowest BCUT2D eigenvalue weighted by atomic mass is 10.1. The van der Waals surface area contributed by atoms with Gasteiger partial charge in [0, 0.05) is 11.6 Å². The number of rotatable bonds is 5. The van der Waals surface area contributed by atoms with Crippen molar-refractivity contribution in [2.45, 2.75) is 6.54 Å². The lowest BCUT2D eigenvalue weighted by Gasteiger charge is -2.34. The third kappa shape index (κ3) is 4.49. The van der Waals surface area contributed by atoms with Gasteiger partial charge in [-0.25, -0.2) is 0 Å². The molecule has 7 nitrogen and oxygen atoms in total. The second-order valence-corrected chi connectivity index (χ2v) is 7.48. The van der Waals surface area contributed by atoms with Crippen LogP contribution in [0.25, 0.3) is 0 Å². The molecule has 0 unspecified atom stereocenters. The van der Waals surface area contributed by atoms with Crippen molar-refractivity contribution in [3.05, 3.63) is 42.0 Å². The van der Waals surface area contributed by atoms with E-state index in [2.05, 4.69) is 22.3 Å². The van der Waals surface area contributed by atoms with Gasteiger partial charge < -0.3 is 34.1 Å². The predicted molar refractivity (Wildman–Crippen MR) is 114 cm³/mol. The highest BCUT2D eigenvalue weighted by atomic mass is 32.1. The predicted octanol–water partition coefficient (Wildman–Crippen LogP) is 1.53. The lowest BCUT2D eigenvalue weighted by molar-refractivity contribution is -0.917. The first-order chi connectivity index (χ1) is 14.2.